The van der Waals surface area contributed by atoms with Crippen LogP contribution in [0.1, 0.15) is 33.0 Å². The quantitative estimate of drug-likeness (QED) is 0.674. The van der Waals surface area contributed by atoms with Gasteiger partial charge < -0.3 is 15.4 Å². The first kappa shape index (κ1) is 19.4. The summed E-state index contributed by atoms with van der Waals surface area (Å²) in [4.78, 5) is 21.4. The third-order valence-electron chi connectivity index (χ3n) is 4.45. The van der Waals surface area contributed by atoms with Crippen molar-refractivity contribution in [3.63, 3.8) is 0 Å². The minimum Gasteiger partial charge on any atom is -0.495 e. The van der Waals surface area contributed by atoms with Gasteiger partial charge in [0.1, 0.15) is 23.1 Å². The lowest BCUT2D eigenvalue weighted by Gasteiger charge is -2.12. The van der Waals surface area contributed by atoms with Gasteiger partial charge in [0.15, 0.2) is 0 Å². The maximum Gasteiger partial charge on any atom is 0.274 e. The normalized spacial score (nSPS) is 10.5. The number of anilines is 3. The standard InChI is InChI=1S/C22H24N4O2/c1-13-6-9-20(28-5)18(10-13)26-22(27)19-12-21(24-16(4)23-19)25-17-8-7-14(2)15(3)11-17/h6-12H,1-5H3,(H,26,27)(H,23,24,25). The summed E-state index contributed by atoms with van der Waals surface area (Å²) in [5.41, 5.74) is 5.21. The molecule has 0 saturated heterocycles. The van der Waals surface area contributed by atoms with E-state index in [0.29, 0.717) is 23.1 Å². The number of rotatable bonds is 5. The van der Waals surface area contributed by atoms with Crippen molar-refractivity contribution in [1.82, 2.24) is 9.97 Å². The van der Waals surface area contributed by atoms with Crippen LogP contribution in [-0.2, 0) is 0 Å². The zero-order valence-electron chi connectivity index (χ0n) is 16.8. The Balaban J connectivity index is 1.85. The maximum atomic E-state index is 12.8. The molecular formula is C22H24N4O2. The Morgan fingerprint density at radius 3 is 2.43 bits per heavy atom. The van der Waals surface area contributed by atoms with Gasteiger partial charge in [-0.05, 0) is 68.7 Å². The van der Waals surface area contributed by atoms with Gasteiger partial charge >= 0.3 is 0 Å². The molecule has 144 valence electrons. The van der Waals surface area contributed by atoms with Crippen molar-refractivity contribution in [2.75, 3.05) is 17.7 Å². The van der Waals surface area contributed by atoms with Gasteiger partial charge in [-0.25, -0.2) is 9.97 Å². The van der Waals surface area contributed by atoms with Crippen molar-refractivity contribution in [2.45, 2.75) is 27.7 Å². The lowest BCUT2D eigenvalue weighted by atomic mass is 10.1. The first-order chi connectivity index (χ1) is 13.4. The van der Waals surface area contributed by atoms with Crippen molar-refractivity contribution in [2.24, 2.45) is 0 Å². The van der Waals surface area contributed by atoms with Crippen molar-refractivity contribution < 1.29 is 9.53 Å². The molecule has 28 heavy (non-hydrogen) atoms. The van der Waals surface area contributed by atoms with Gasteiger partial charge in [0, 0.05) is 11.8 Å². The number of aryl methyl sites for hydroxylation is 4. The topological polar surface area (TPSA) is 76.1 Å². The number of carbonyl (C=O) groups excluding carboxylic acids is 1. The van der Waals surface area contributed by atoms with Crippen molar-refractivity contribution in [3.8, 4) is 5.75 Å². The number of aromatic nitrogens is 2. The number of nitrogens with zero attached hydrogens (tertiary/aromatic N) is 2. The molecule has 0 fully saturated rings. The number of nitrogens with one attached hydrogen (secondary N) is 2. The number of hydrogen-bond donors (Lipinski definition) is 2. The monoisotopic (exact) mass is 376 g/mol. The second-order valence-electron chi connectivity index (χ2n) is 6.77. The van der Waals surface area contributed by atoms with E-state index in [9.17, 15) is 4.79 Å². The third kappa shape index (κ3) is 4.46. The average molecular weight is 376 g/mol. The molecule has 3 rings (SSSR count). The summed E-state index contributed by atoms with van der Waals surface area (Å²) >= 11 is 0. The van der Waals surface area contributed by atoms with Crippen LogP contribution in [0.4, 0.5) is 17.2 Å². The van der Waals surface area contributed by atoms with E-state index in [-0.39, 0.29) is 11.6 Å². The van der Waals surface area contributed by atoms with Gasteiger partial charge in [-0.15, -0.1) is 0 Å². The number of methoxy groups -OCH3 is 1. The first-order valence-corrected chi connectivity index (χ1v) is 9.01. The highest BCUT2D eigenvalue weighted by atomic mass is 16.5. The summed E-state index contributed by atoms with van der Waals surface area (Å²) < 4.78 is 5.32. The Bertz CT molecular complexity index is 1030. The second-order valence-corrected chi connectivity index (χ2v) is 6.77. The predicted octanol–water partition coefficient (Wildman–Crippen LogP) is 4.71. The lowest BCUT2D eigenvalue weighted by Crippen LogP contribution is -2.16. The lowest BCUT2D eigenvalue weighted by molar-refractivity contribution is 0.102. The smallest absolute Gasteiger partial charge is 0.274 e. The highest BCUT2D eigenvalue weighted by molar-refractivity contribution is 6.04. The Morgan fingerprint density at radius 2 is 1.71 bits per heavy atom. The molecule has 0 bridgehead atoms. The van der Waals surface area contributed by atoms with Crippen LogP contribution < -0.4 is 15.4 Å². The largest absolute Gasteiger partial charge is 0.495 e. The molecule has 0 aliphatic rings. The van der Waals surface area contributed by atoms with E-state index < -0.39 is 0 Å². The Morgan fingerprint density at radius 1 is 0.929 bits per heavy atom. The van der Waals surface area contributed by atoms with Crippen LogP contribution in [0.3, 0.4) is 0 Å². The Kier molecular flexibility index (Phi) is 5.59. The van der Waals surface area contributed by atoms with Crippen LogP contribution in [0.25, 0.3) is 0 Å². The van der Waals surface area contributed by atoms with Gasteiger partial charge in [0.2, 0.25) is 0 Å². The number of amides is 1. The van der Waals surface area contributed by atoms with Gasteiger partial charge in [0.25, 0.3) is 5.91 Å². The molecule has 0 spiro atoms. The summed E-state index contributed by atoms with van der Waals surface area (Å²) in [5, 5.41) is 6.12. The molecule has 1 heterocycles. The third-order valence-corrected chi connectivity index (χ3v) is 4.45. The van der Waals surface area contributed by atoms with E-state index in [1.165, 1.54) is 11.1 Å². The minimum absolute atomic E-state index is 0.280. The molecule has 6 nitrogen and oxygen atoms in total. The molecule has 6 heteroatoms. The summed E-state index contributed by atoms with van der Waals surface area (Å²) in [7, 11) is 1.57. The van der Waals surface area contributed by atoms with E-state index in [1.54, 1.807) is 20.1 Å². The van der Waals surface area contributed by atoms with E-state index in [2.05, 4.69) is 34.4 Å². The van der Waals surface area contributed by atoms with Gasteiger partial charge in [0.05, 0.1) is 12.8 Å². The summed E-state index contributed by atoms with van der Waals surface area (Å²) in [6.45, 7) is 7.83. The highest BCUT2D eigenvalue weighted by Crippen LogP contribution is 2.26. The summed E-state index contributed by atoms with van der Waals surface area (Å²) in [6.07, 6.45) is 0. The summed E-state index contributed by atoms with van der Waals surface area (Å²) in [6, 6.07) is 13.3. The molecule has 1 aromatic heterocycles. The molecule has 0 aliphatic carbocycles. The predicted molar refractivity (Wildman–Crippen MR) is 112 cm³/mol. The average Bonchev–Trinajstić information content (AvgIpc) is 2.64. The second kappa shape index (κ2) is 8.08. The zero-order chi connectivity index (χ0) is 20.3. The fourth-order valence-electron chi connectivity index (χ4n) is 2.82. The molecule has 0 radical (unpaired) electrons. The number of ether oxygens (including phenoxy) is 1. The van der Waals surface area contributed by atoms with Crippen LogP contribution in [-0.4, -0.2) is 23.0 Å². The molecule has 0 unspecified atom stereocenters. The van der Waals surface area contributed by atoms with Crippen LogP contribution >= 0.6 is 0 Å². The molecule has 3 aromatic rings. The summed E-state index contributed by atoms with van der Waals surface area (Å²) in [5.74, 6) is 1.35. The fourth-order valence-corrected chi connectivity index (χ4v) is 2.82. The van der Waals surface area contributed by atoms with Crippen LogP contribution in [0, 0.1) is 27.7 Å². The van der Waals surface area contributed by atoms with Crippen LogP contribution in [0.5, 0.6) is 5.75 Å². The maximum absolute atomic E-state index is 12.8. The van der Waals surface area contributed by atoms with Crippen molar-refractivity contribution in [3.05, 3.63) is 70.7 Å². The molecular weight excluding hydrogens is 352 g/mol. The van der Waals surface area contributed by atoms with Crippen molar-refractivity contribution in [1.29, 1.82) is 0 Å². The van der Waals surface area contributed by atoms with E-state index in [0.717, 1.165) is 11.3 Å². The van der Waals surface area contributed by atoms with Crippen molar-refractivity contribution >= 4 is 23.1 Å². The van der Waals surface area contributed by atoms with Crippen LogP contribution in [0.2, 0.25) is 0 Å². The molecule has 0 saturated carbocycles. The number of hydrogen-bond acceptors (Lipinski definition) is 5. The molecule has 2 N–H and O–H groups in total. The van der Waals surface area contributed by atoms with Crippen LogP contribution in [0.15, 0.2) is 42.5 Å². The van der Waals surface area contributed by atoms with E-state index in [1.807, 2.05) is 43.3 Å². The molecule has 0 aliphatic heterocycles. The molecule has 1 amide bonds. The van der Waals surface area contributed by atoms with E-state index >= 15 is 0 Å². The Hall–Kier alpha value is -3.41. The number of carbonyl (C=O) groups is 1. The molecule has 0 atom stereocenters. The zero-order valence-corrected chi connectivity index (χ0v) is 16.8. The highest BCUT2D eigenvalue weighted by Gasteiger charge is 2.14. The van der Waals surface area contributed by atoms with Gasteiger partial charge in [-0.3, -0.25) is 4.79 Å². The minimum atomic E-state index is -0.322. The van der Waals surface area contributed by atoms with Gasteiger partial charge in [-0.1, -0.05) is 12.1 Å². The molecule has 2 aromatic carbocycles. The number of benzene rings is 2. The Labute approximate surface area is 165 Å². The van der Waals surface area contributed by atoms with E-state index in [4.69, 9.17) is 4.74 Å². The first-order valence-electron chi connectivity index (χ1n) is 9.01. The van der Waals surface area contributed by atoms with Gasteiger partial charge in [-0.2, -0.15) is 0 Å². The fraction of sp³-hybridized carbons (Fsp3) is 0.227. The SMILES string of the molecule is COc1ccc(C)cc1NC(=O)c1cc(Nc2ccc(C)c(C)c2)nc(C)n1.